The van der Waals surface area contributed by atoms with Crippen molar-refractivity contribution in [1.82, 2.24) is 0 Å². The number of allylic oxidation sites excluding steroid dienone is 4. The Kier molecular flexibility index (Phi) is 7.27. The maximum atomic E-state index is 15.6. The number of aliphatic hydroxyl groups is 1. The summed E-state index contributed by atoms with van der Waals surface area (Å²) in [5.41, 5.74) is -3.32. The second-order valence-corrected chi connectivity index (χ2v) is 11.0. The van der Waals surface area contributed by atoms with E-state index in [1.54, 1.807) is 13.0 Å². The molecular weight excluding hydrogens is 487 g/mol. The highest BCUT2D eigenvalue weighted by molar-refractivity contribution is 6.01. The van der Waals surface area contributed by atoms with Crippen molar-refractivity contribution in [2.24, 2.45) is 28.6 Å². The monoisotopic (exact) mass is 522 g/mol. The predicted octanol–water partition coefficient (Wildman–Crippen LogP) is 3.87. The number of hydrogen-bond acceptors (Lipinski definition) is 9. The first-order valence-electron chi connectivity index (χ1n) is 12.8. The summed E-state index contributed by atoms with van der Waals surface area (Å²) in [5, 5.41) is 11.5. The second kappa shape index (κ2) is 9.85. The van der Waals surface area contributed by atoms with Crippen LogP contribution in [0.25, 0.3) is 0 Å². The van der Waals surface area contributed by atoms with E-state index in [1.807, 2.05) is 13.8 Å². The first-order chi connectivity index (χ1) is 17.4. The van der Waals surface area contributed by atoms with Gasteiger partial charge in [0.2, 0.25) is 5.78 Å². The van der Waals surface area contributed by atoms with E-state index in [-0.39, 0.29) is 43.5 Å². The van der Waals surface area contributed by atoms with Gasteiger partial charge < -0.3 is 24.1 Å². The van der Waals surface area contributed by atoms with Crippen LogP contribution in [0, 0.1) is 28.6 Å². The fraction of sp³-hybridized carbons (Fsp3) is 0.704. The van der Waals surface area contributed by atoms with Crippen LogP contribution in [0.15, 0.2) is 23.8 Å². The SMILES string of the molecule is CCCOC(=O)OCC(=O)[C@@]1(OC(=O)OC)CC[C@H]2[C@@H]3C[C@H](F)C4=CC(=O)C=C[C@]4(C)[C@H]3C(O)C[C@@]21C. The summed E-state index contributed by atoms with van der Waals surface area (Å²) < 4.78 is 35.9. The van der Waals surface area contributed by atoms with Crippen LogP contribution < -0.4 is 0 Å². The van der Waals surface area contributed by atoms with Gasteiger partial charge in [0, 0.05) is 16.7 Å². The lowest BCUT2D eigenvalue weighted by molar-refractivity contribution is -0.185. The number of fused-ring (bicyclic) bond motifs is 5. The number of Topliss-reactive ketones (excluding diaryl/α,β-unsaturated/α-hetero) is 1. The Morgan fingerprint density at radius 2 is 1.92 bits per heavy atom. The topological polar surface area (TPSA) is 125 Å². The molecule has 0 amide bonds. The minimum atomic E-state index is -1.75. The van der Waals surface area contributed by atoms with Gasteiger partial charge in [0.1, 0.15) is 6.17 Å². The molecule has 0 heterocycles. The van der Waals surface area contributed by atoms with Gasteiger partial charge >= 0.3 is 12.3 Å². The van der Waals surface area contributed by atoms with Crippen LogP contribution in [0.1, 0.15) is 52.9 Å². The maximum absolute atomic E-state index is 15.6. The number of alkyl halides is 1. The normalized spacial score (nSPS) is 40.0. The Morgan fingerprint density at radius 3 is 2.59 bits per heavy atom. The third-order valence-electron chi connectivity index (χ3n) is 9.22. The molecule has 37 heavy (non-hydrogen) atoms. The number of carbonyl (C=O) groups is 4. The zero-order chi connectivity index (χ0) is 27.2. The number of methoxy groups -OCH3 is 1. The van der Waals surface area contributed by atoms with E-state index in [4.69, 9.17) is 18.9 Å². The highest BCUT2D eigenvalue weighted by Crippen LogP contribution is 2.68. The molecule has 204 valence electrons. The molecular formula is C27H35FO9. The Bertz CT molecular complexity index is 1040. The van der Waals surface area contributed by atoms with Crippen LogP contribution in [0.2, 0.25) is 0 Å². The summed E-state index contributed by atoms with van der Waals surface area (Å²) in [5.74, 6) is -1.96. The van der Waals surface area contributed by atoms with E-state index < -0.39 is 59.3 Å². The zero-order valence-corrected chi connectivity index (χ0v) is 21.7. The highest BCUT2D eigenvalue weighted by atomic mass is 19.1. The molecule has 3 saturated carbocycles. The molecule has 10 heteroatoms. The third kappa shape index (κ3) is 4.27. The molecule has 4 rings (SSSR count). The maximum Gasteiger partial charge on any atom is 0.509 e. The van der Waals surface area contributed by atoms with Gasteiger partial charge in [0.25, 0.3) is 0 Å². The second-order valence-electron chi connectivity index (χ2n) is 11.0. The van der Waals surface area contributed by atoms with E-state index in [0.717, 1.165) is 7.11 Å². The molecule has 0 aromatic carbocycles. The van der Waals surface area contributed by atoms with Gasteiger partial charge in [0.05, 0.1) is 19.8 Å². The Hall–Kier alpha value is -2.75. The highest BCUT2D eigenvalue weighted by Gasteiger charge is 2.71. The first-order valence-corrected chi connectivity index (χ1v) is 12.8. The number of aliphatic hydroxyl groups excluding tert-OH is 1. The van der Waals surface area contributed by atoms with Crippen LogP contribution in [0.5, 0.6) is 0 Å². The minimum Gasteiger partial charge on any atom is -0.438 e. The molecule has 0 aromatic rings. The molecule has 9 nitrogen and oxygen atoms in total. The molecule has 3 fully saturated rings. The fourth-order valence-corrected chi connectivity index (χ4v) is 7.66. The Labute approximate surface area is 215 Å². The van der Waals surface area contributed by atoms with Crippen molar-refractivity contribution in [3.8, 4) is 0 Å². The molecule has 0 bridgehead atoms. The van der Waals surface area contributed by atoms with Crippen LogP contribution >= 0.6 is 0 Å². The summed E-state index contributed by atoms with van der Waals surface area (Å²) in [4.78, 5) is 49.9. The van der Waals surface area contributed by atoms with Gasteiger partial charge in [-0.05, 0) is 61.7 Å². The molecule has 1 unspecified atom stereocenters. The molecule has 4 aliphatic carbocycles. The third-order valence-corrected chi connectivity index (χ3v) is 9.22. The Morgan fingerprint density at radius 1 is 1.19 bits per heavy atom. The first kappa shape index (κ1) is 27.3. The number of hydrogen-bond donors (Lipinski definition) is 1. The number of halogens is 1. The van der Waals surface area contributed by atoms with Crippen molar-refractivity contribution in [2.45, 2.75) is 70.8 Å². The van der Waals surface area contributed by atoms with Crippen LogP contribution in [-0.4, -0.2) is 67.2 Å². The molecule has 0 radical (unpaired) electrons. The largest absolute Gasteiger partial charge is 0.509 e. The van der Waals surface area contributed by atoms with E-state index in [1.165, 1.54) is 12.2 Å². The molecule has 8 atom stereocenters. The molecule has 1 N–H and O–H groups in total. The van der Waals surface area contributed by atoms with Crippen molar-refractivity contribution in [1.29, 1.82) is 0 Å². The van der Waals surface area contributed by atoms with Gasteiger partial charge in [-0.25, -0.2) is 14.0 Å². The lowest BCUT2D eigenvalue weighted by Crippen LogP contribution is -2.64. The van der Waals surface area contributed by atoms with Crippen molar-refractivity contribution in [3.05, 3.63) is 23.8 Å². The van der Waals surface area contributed by atoms with Gasteiger partial charge in [-0.1, -0.05) is 26.8 Å². The summed E-state index contributed by atoms with van der Waals surface area (Å²) >= 11 is 0. The van der Waals surface area contributed by atoms with Crippen LogP contribution in [0.4, 0.5) is 14.0 Å². The minimum absolute atomic E-state index is 0.0763. The number of carbonyl (C=O) groups excluding carboxylic acids is 4. The summed E-state index contributed by atoms with van der Waals surface area (Å²) in [6, 6.07) is 0. The van der Waals surface area contributed by atoms with Crippen LogP contribution in [-0.2, 0) is 28.5 Å². The van der Waals surface area contributed by atoms with E-state index >= 15 is 4.39 Å². The summed E-state index contributed by atoms with van der Waals surface area (Å²) in [6.45, 7) is 4.86. The number of rotatable bonds is 6. The molecule has 4 aliphatic rings. The zero-order valence-electron chi connectivity index (χ0n) is 21.7. The van der Waals surface area contributed by atoms with E-state index in [2.05, 4.69) is 0 Å². The van der Waals surface area contributed by atoms with Crippen molar-refractivity contribution in [3.63, 3.8) is 0 Å². The number of ether oxygens (including phenoxy) is 4. The lowest BCUT2D eigenvalue weighted by Gasteiger charge is -2.60. The van der Waals surface area contributed by atoms with Gasteiger partial charge in [0.15, 0.2) is 18.0 Å². The van der Waals surface area contributed by atoms with Gasteiger partial charge in [-0.3, -0.25) is 9.59 Å². The average molecular weight is 523 g/mol. The standard InChI is InChI=1S/C27H35FO9/c1-5-10-35-24(33)36-14-21(31)27(37-23(32)34-4)9-7-17-16-12-19(28)18-11-15(29)6-8-25(18,2)22(16)20(30)13-26(17,27)3/h6,8,11,16-17,19-20,22,30H,5,7,9-10,12-14H2,1-4H3/t16-,17-,19-,20?,22+,25-,26-,27-/m0/s1. The number of ketones is 2. The van der Waals surface area contributed by atoms with Crippen molar-refractivity contribution >= 4 is 23.9 Å². The summed E-state index contributed by atoms with van der Waals surface area (Å²) in [6.07, 6.45) is 1.26. The van der Waals surface area contributed by atoms with Gasteiger partial charge in [-0.2, -0.15) is 0 Å². The summed E-state index contributed by atoms with van der Waals surface area (Å²) in [7, 11) is 1.12. The smallest absolute Gasteiger partial charge is 0.438 e. The van der Waals surface area contributed by atoms with E-state index in [0.29, 0.717) is 18.4 Å². The molecule has 0 saturated heterocycles. The van der Waals surface area contributed by atoms with Crippen molar-refractivity contribution < 1.29 is 47.6 Å². The molecule has 0 aromatic heterocycles. The Balaban J connectivity index is 1.68. The predicted molar refractivity (Wildman–Crippen MR) is 127 cm³/mol. The fourth-order valence-electron chi connectivity index (χ4n) is 7.66. The lowest BCUT2D eigenvalue weighted by atomic mass is 9.46. The van der Waals surface area contributed by atoms with Crippen LogP contribution in [0.3, 0.4) is 0 Å². The van der Waals surface area contributed by atoms with Gasteiger partial charge in [-0.15, -0.1) is 0 Å². The molecule has 0 aliphatic heterocycles. The quantitative estimate of drug-likeness (QED) is 0.518. The molecule has 0 spiro atoms. The van der Waals surface area contributed by atoms with E-state index in [9.17, 15) is 24.3 Å². The van der Waals surface area contributed by atoms with Crippen molar-refractivity contribution in [2.75, 3.05) is 20.3 Å². The average Bonchev–Trinajstić information content (AvgIpc) is 3.14.